The number of aryl methyl sites for hydroxylation is 2. The van der Waals surface area contributed by atoms with Gasteiger partial charge in [0.2, 0.25) is 5.91 Å². The van der Waals surface area contributed by atoms with E-state index in [2.05, 4.69) is 13.2 Å². The third-order valence-corrected chi connectivity index (χ3v) is 7.38. The maximum atomic E-state index is 13.7. The highest BCUT2D eigenvalue weighted by Gasteiger charge is 2.41. The molecule has 1 saturated heterocycles. The summed E-state index contributed by atoms with van der Waals surface area (Å²) in [5.41, 5.74) is 1.40. The zero-order valence-electron chi connectivity index (χ0n) is 23.2. The van der Waals surface area contributed by atoms with Gasteiger partial charge in [0.25, 0.3) is 0 Å². The molecule has 1 aliphatic rings. The summed E-state index contributed by atoms with van der Waals surface area (Å²) in [5.74, 6) is -0.0132. The van der Waals surface area contributed by atoms with Crippen molar-refractivity contribution in [3.63, 3.8) is 0 Å². The van der Waals surface area contributed by atoms with Gasteiger partial charge in [0, 0.05) is 33.2 Å². The molecule has 1 aliphatic heterocycles. The number of hydrogen-bond acceptors (Lipinski definition) is 2. The van der Waals surface area contributed by atoms with E-state index in [9.17, 15) is 22.8 Å². The summed E-state index contributed by atoms with van der Waals surface area (Å²) in [6.07, 6.45) is 0.0269. The SMILES string of the molecule is C=CCC(C)(CC=C)C(=O)N1CCN(C(=O)N(C)Cc2cc(C)cc(C(F)(F)F)c2)[C@@H](c2ccccc2C)C1. The highest BCUT2D eigenvalue weighted by Crippen LogP contribution is 2.35. The molecular weight excluding hydrogens is 503 g/mol. The molecule has 0 unspecified atom stereocenters. The van der Waals surface area contributed by atoms with E-state index < -0.39 is 23.2 Å². The van der Waals surface area contributed by atoms with Crippen molar-refractivity contribution in [2.24, 2.45) is 5.41 Å². The maximum Gasteiger partial charge on any atom is 0.416 e. The summed E-state index contributed by atoms with van der Waals surface area (Å²) < 4.78 is 40.1. The average Bonchev–Trinajstić information content (AvgIpc) is 2.87. The number of amides is 3. The van der Waals surface area contributed by atoms with E-state index >= 15 is 0 Å². The maximum absolute atomic E-state index is 13.7. The second-order valence-electron chi connectivity index (χ2n) is 10.7. The Morgan fingerprint density at radius 1 is 1.05 bits per heavy atom. The normalized spacial score (nSPS) is 16.1. The summed E-state index contributed by atoms with van der Waals surface area (Å²) >= 11 is 0. The molecule has 3 amide bonds. The number of nitrogens with zero attached hydrogens (tertiary/aromatic N) is 3. The Kier molecular flexibility index (Phi) is 9.30. The predicted octanol–water partition coefficient (Wildman–Crippen LogP) is 6.92. The minimum absolute atomic E-state index is 0.0132. The van der Waals surface area contributed by atoms with Crippen molar-refractivity contribution in [3.05, 3.63) is 95.6 Å². The zero-order chi connectivity index (χ0) is 29.0. The van der Waals surface area contributed by atoms with Crippen LogP contribution in [0.1, 0.15) is 53.6 Å². The van der Waals surface area contributed by atoms with Crippen molar-refractivity contribution >= 4 is 11.9 Å². The van der Waals surface area contributed by atoms with E-state index in [1.54, 1.807) is 37.1 Å². The first-order valence-electron chi connectivity index (χ1n) is 13.1. The fourth-order valence-electron chi connectivity index (χ4n) is 5.38. The van der Waals surface area contributed by atoms with Gasteiger partial charge in [0.15, 0.2) is 0 Å². The molecule has 39 heavy (non-hydrogen) atoms. The molecule has 0 N–H and O–H groups in total. The Balaban J connectivity index is 1.89. The Bertz CT molecular complexity index is 1210. The molecule has 8 heteroatoms. The van der Waals surface area contributed by atoms with Crippen molar-refractivity contribution in [2.45, 2.75) is 52.4 Å². The van der Waals surface area contributed by atoms with Gasteiger partial charge in [0.05, 0.1) is 17.0 Å². The van der Waals surface area contributed by atoms with Gasteiger partial charge in [-0.05, 0) is 55.5 Å². The molecule has 0 saturated carbocycles. The van der Waals surface area contributed by atoms with Crippen molar-refractivity contribution in [2.75, 3.05) is 26.7 Å². The number of alkyl halides is 3. The van der Waals surface area contributed by atoms with E-state index in [-0.39, 0.29) is 18.5 Å². The monoisotopic (exact) mass is 541 g/mol. The van der Waals surface area contributed by atoms with Crippen LogP contribution in [0.4, 0.5) is 18.0 Å². The smallest absolute Gasteiger partial charge is 0.338 e. The van der Waals surface area contributed by atoms with Crippen LogP contribution < -0.4 is 0 Å². The van der Waals surface area contributed by atoms with Gasteiger partial charge in [-0.3, -0.25) is 4.79 Å². The van der Waals surface area contributed by atoms with E-state index in [1.807, 2.05) is 43.0 Å². The highest BCUT2D eigenvalue weighted by molar-refractivity contribution is 5.83. The molecule has 0 aliphatic carbocycles. The lowest BCUT2D eigenvalue weighted by molar-refractivity contribution is -0.143. The van der Waals surface area contributed by atoms with Gasteiger partial charge < -0.3 is 14.7 Å². The fraction of sp³-hybridized carbons (Fsp3) is 0.419. The number of carbonyl (C=O) groups is 2. The quantitative estimate of drug-likeness (QED) is 0.341. The van der Waals surface area contributed by atoms with Crippen molar-refractivity contribution in [1.29, 1.82) is 0 Å². The standard InChI is InChI=1S/C31H38F3N3O2/c1-7-13-30(5,14-8-2)28(38)36-15-16-37(27(21-36)26-12-10-9-11-23(26)4)29(39)35(6)20-24-17-22(3)18-25(19-24)31(32,33)34/h7-12,17-19,27H,1-2,13-16,20-21H2,3-6H3/t27-/m1/s1. The van der Waals surface area contributed by atoms with Gasteiger partial charge in [-0.25, -0.2) is 4.79 Å². The second kappa shape index (κ2) is 12.1. The first-order valence-corrected chi connectivity index (χ1v) is 13.1. The number of piperazine rings is 1. The number of carbonyl (C=O) groups excluding carboxylic acids is 2. The molecule has 1 atom stereocenters. The van der Waals surface area contributed by atoms with E-state index in [1.165, 1.54) is 4.90 Å². The van der Waals surface area contributed by atoms with Crippen LogP contribution in [0.25, 0.3) is 0 Å². The number of urea groups is 1. The van der Waals surface area contributed by atoms with Crippen LogP contribution in [0.2, 0.25) is 0 Å². The lowest BCUT2D eigenvalue weighted by Crippen LogP contribution is -2.57. The summed E-state index contributed by atoms with van der Waals surface area (Å²) in [6, 6.07) is 10.9. The van der Waals surface area contributed by atoms with E-state index in [4.69, 9.17) is 0 Å². The van der Waals surface area contributed by atoms with E-state index in [0.29, 0.717) is 43.6 Å². The number of hydrogen-bond donors (Lipinski definition) is 0. The molecule has 0 aromatic heterocycles. The highest BCUT2D eigenvalue weighted by atomic mass is 19.4. The predicted molar refractivity (Wildman–Crippen MR) is 148 cm³/mol. The lowest BCUT2D eigenvalue weighted by atomic mass is 9.81. The number of halogens is 3. The van der Waals surface area contributed by atoms with Crippen LogP contribution in [-0.2, 0) is 17.5 Å². The first-order chi connectivity index (χ1) is 18.3. The fourth-order valence-corrected chi connectivity index (χ4v) is 5.38. The van der Waals surface area contributed by atoms with Crippen LogP contribution in [0, 0.1) is 19.3 Å². The molecule has 210 valence electrons. The summed E-state index contributed by atoms with van der Waals surface area (Å²) in [6.45, 7) is 14.1. The Morgan fingerprint density at radius 2 is 1.69 bits per heavy atom. The van der Waals surface area contributed by atoms with Crippen molar-refractivity contribution < 1.29 is 22.8 Å². The molecule has 0 radical (unpaired) electrons. The molecule has 5 nitrogen and oxygen atoms in total. The molecule has 2 aromatic carbocycles. The summed E-state index contributed by atoms with van der Waals surface area (Å²) in [4.78, 5) is 32.4. The van der Waals surface area contributed by atoms with Gasteiger partial charge in [0.1, 0.15) is 0 Å². The third kappa shape index (κ3) is 6.91. The van der Waals surface area contributed by atoms with Crippen LogP contribution in [0.3, 0.4) is 0 Å². The van der Waals surface area contributed by atoms with Crippen LogP contribution in [-0.4, -0.2) is 53.3 Å². The molecule has 2 aromatic rings. The van der Waals surface area contributed by atoms with Gasteiger partial charge >= 0.3 is 12.2 Å². The third-order valence-electron chi connectivity index (χ3n) is 7.38. The Labute approximate surface area is 229 Å². The molecule has 3 rings (SSSR count). The average molecular weight is 542 g/mol. The van der Waals surface area contributed by atoms with Crippen molar-refractivity contribution in [3.8, 4) is 0 Å². The summed E-state index contributed by atoms with van der Waals surface area (Å²) in [5, 5.41) is 0. The van der Waals surface area contributed by atoms with Gasteiger partial charge in [-0.15, -0.1) is 13.2 Å². The van der Waals surface area contributed by atoms with Crippen LogP contribution in [0.15, 0.2) is 67.8 Å². The van der Waals surface area contributed by atoms with Crippen LogP contribution in [0.5, 0.6) is 0 Å². The lowest BCUT2D eigenvalue weighted by Gasteiger charge is -2.45. The van der Waals surface area contributed by atoms with Gasteiger partial charge in [-0.1, -0.05) is 55.0 Å². The molecule has 0 bridgehead atoms. The topological polar surface area (TPSA) is 43.9 Å². The Morgan fingerprint density at radius 3 is 2.28 bits per heavy atom. The van der Waals surface area contributed by atoms with E-state index in [0.717, 1.165) is 23.3 Å². The second-order valence-corrected chi connectivity index (χ2v) is 10.7. The number of rotatable bonds is 8. The first kappa shape index (κ1) is 30.0. The van der Waals surface area contributed by atoms with Gasteiger partial charge in [-0.2, -0.15) is 13.2 Å². The van der Waals surface area contributed by atoms with Crippen LogP contribution >= 0.6 is 0 Å². The molecular formula is C31H38F3N3O2. The minimum Gasteiger partial charge on any atom is -0.338 e. The summed E-state index contributed by atoms with van der Waals surface area (Å²) in [7, 11) is 1.59. The molecule has 1 heterocycles. The van der Waals surface area contributed by atoms with Crippen molar-refractivity contribution in [1.82, 2.24) is 14.7 Å². The Hall–Kier alpha value is -3.55. The molecule has 0 spiro atoms. The number of benzene rings is 2. The zero-order valence-corrected chi connectivity index (χ0v) is 23.2. The molecule has 1 fully saturated rings. The minimum atomic E-state index is -4.46. The largest absolute Gasteiger partial charge is 0.416 e. The number of allylic oxidation sites excluding steroid dienone is 2.